The molecule has 1 aromatic rings. The number of carboxylic acid groups (broad SMARTS) is 1. The molecule has 1 aromatic carbocycles. The molecule has 1 aliphatic rings. The molecule has 0 aromatic heterocycles. The summed E-state index contributed by atoms with van der Waals surface area (Å²) in [6.45, 7) is 4.52. The Morgan fingerprint density at radius 2 is 1.95 bits per heavy atom. The monoisotopic (exact) mass is 311 g/mol. The molecule has 2 N–H and O–H groups in total. The van der Waals surface area contributed by atoms with E-state index < -0.39 is 21.8 Å². The van der Waals surface area contributed by atoms with Crippen molar-refractivity contribution in [1.82, 2.24) is 5.32 Å². The number of nitrogens with one attached hydrogen (secondary N) is 1. The summed E-state index contributed by atoms with van der Waals surface area (Å²) in [6.07, 6.45) is 0.248. The minimum Gasteiger partial charge on any atom is -0.478 e. The van der Waals surface area contributed by atoms with Gasteiger partial charge in [0.1, 0.15) is 0 Å². The van der Waals surface area contributed by atoms with Crippen LogP contribution >= 0.6 is 0 Å². The molecular formula is C14H17NO5S. The number of carboxylic acids is 1. The predicted molar refractivity (Wildman–Crippen MR) is 76.1 cm³/mol. The average molecular weight is 311 g/mol. The Kier molecular flexibility index (Phi) is 3.79. The minimum atomic E-state index is -3.45. The van der Waals surface area contributed by atoms with Crippen LogP contribution in [0.15, 0.2) is 11.0 Å². The molecule has 6 nitrogen and oxygen atoms in total. The normalized spacial score (nSPS) is 19.7. The number of fused-ring (bicyclic) bond motifs is 1. The third-order valence-corrected chi connectivity index (χ3v) is 5.65. The number of hydrogen-bond acceptors (Lipinski definition) is 4. The van der Waals surface area contributed by atoms with Crippen molar-refractivity contribution in [3.63, 3.8) is 0 Å². The van der Waals surface area contributed by atoms with E-state index in [1.54, 1.807) is 13.8 Å². The fourth-order valence-corrected chi connectivity index (χ4v) is 4.81. The molecular weight excluding hydrogens is 294 g/mol. The van der Waals surface area contributed by atoms with Gasteiger partial charge in [0, 0.05) is 6.92 Å². The van der Waals surface area contributed by atoms with Crippen LogP contribution in [0.3, 0.4) is 0 Å². The molecule has 0 spiro atoms. The van der Waals surface area contributed by atoms with Gasteiger partial charge in [-0.1, -0.05) is 0 Å². The van der Waals surface area contributed by atoms with Gasteiger partial charge in [-0.05, 0) is 43.0 Å². The molecule has 1 heterocycles. The first-order valence-corrected chi connectivity index (χ1v) is 8.17. The van der Waals surface area contributed by atoms with Crippen LogP contribution in [0.25, 0.3) is 0 Å². The maximum atomic E-state index is 12.3. The molecule has 0 radical (unpaired) electrons. The lowest BCUT2D eigenvalue weighted by Crippen LogP contribution is -2.34. The molecule has 0 aliphatic carbocycles. The smallest absolute Gasteiger partial charge is 0.335 e. The average Bonchev–Trinajstić information content (AvgIpc) is 2.34. The van der Waals surface area contributed by atoms with Crippen molar-refractivity contribution in [2.24, 2.45) is 0 Å². The lowest BCUT2D eigenvalue weighted by molar-refractivity contribution is -0.119. The molecule has 1 amide bonds. The predicted octanol–water partition coefficient (Wildman–Crippen LogP) is 1.36. The van der Waals surface area contributed by atoms with Crippen LogP contribution < -0.4 is 5.32 Å². The standard InChI is InChI=1S/C14H17NO5S/c1-7-6-10(14(17)18)8(2)12-11(15-9(3)16)4-5-21(19,20)13(7)12/h6,11H,4-5H2,1-3H3,(H,15,16)(H,17,18). The summed E-state index contributed by atoms with van der Waals surface area (Å²) in [6, 6.07) is 0.906. The van der Waals surface area contributed by atoms with E-state index in [-0.39, 0.29) is 28.5 Å². The maximum absolute atomic E-state index is 12.3. The molecule has 1 atom stereocenters. The van der Waals surface area contributed by atoms with Gasteiger partial charge >= 0.3 is 5.97 Å². The Hall–Kier alpha value is -1.89. The van der Waals surface area contributed by atoms with Crippen LogP contribution in [0.2, 0.25) is 0 Å². The van der Waals surface area contributed by atoms with Gasteiger partial charge in [0.15, 0.2) is 9.84 Å². The number of aryl methyl sites for hydroxylation is 1. The number of carbonyl (C=O) groups is 2. The highest BCUT2D eigenvalue weighted by Gasteiger charge is 2.35. The second-order valence-corrected chi connectivity index (χ2v) is 7.32. The first kappa shape index (κ1) is 15.5. The lowest BCUT2D eigenvalue weighted by atomic mass is 9.92. The van der Waals surface area contributed by atoms with Crippen molar-refractivity contribution < 1.29 is 23.1 Å². The van der Waals surface area contributed by atoms with E-state index >= 15 is 0 Å². The molecule has 0 saturated carbocycles. The zero-order valence-electron chi connectivity index (χ0n) is 12.1. The summed E-state index contributed by atoms with van der Waals surface area (Å²) in [5, 5.41) is 12.0. The third-order valence-electron chi connectivity index (χ3n) is 3.71. The second-order valence-electron chi connectivity index (χ2n) is 5.27. The van der Waals surface area contributed by atoms with Crippen molar-refractivity contribution >= 4 is 21.7 Å². The number of amides is 1. The van der Waals surface area contributed by atoms with Crippen LogP contribution in [0.5, 0.6) is 0 Å². The van der Waals surface area contributed by atoms with Gasteiger partial charge in [-0.25, -0.2) is 13.2 Å². The fraction of sp³-hybridized carbons (Fsp3) is 0.429. The highest BCUT2D eigenvalue weighted by atomic mass is 32.2. The van der Waals surface area contributed by atoms with E-state index in [9.17, 15) is 23.1 Å². The van der Waals surface area contributed by atoms with Crippen LogP contribution in [0.4, 0.5) is 0 Å². The Morgan fingerprint density at radius 1 is 1.33 bits per heavy atom. The van der Waals surface area contributed by atoms with Crippen molar-refractivity contribution in [2.45, 2.75) is 38.1 Å². The largest absolute Gasteiger partial charge is 0.478 e. The van der Waals surface area contributed by atoms with Gasteiger partial charge in [-0.15, -0.1) is 0 Å². The Morgan fingerprint density at radius 3 is 2.48 bits per heavy atom. The summed E-state index contributed by atoms with van der Waals surface area (Å²) in [7, 11) is -3.45. The van der Waals surface area contributed by atoms with E-state index in [2.05, 4.69) is 5.32 Å². The van der Waals surface area contributed by atoms with E-state index in [4.69, 9.17) is 0 Å². The Labute approximate surface area is 123 Å². The minimum absolute atomic E-state index is 0.0579. The topological polar surface area (TPSA) is 101 Å². The van der Waals surface area contributed by atoms with E-state index in [1.165, 1.54) is 13.0 Å². The zero-order chi connectivity index (χ0) is 15.9. The van der Waals surface area contributed by atoms with E-state index in [0.717, 1.165) is 0 Å². The Bertz CT molecular complexity index is 736. The molecule has 2 rings (SSSR count). The maximum Gasteiger partial charge on any atom is 0.335 e. The highest BCUT2D eigenvalue weighted by Crippen LogP contribution is 2.38. The molecule has 0 saturated heterocycles. The first-order chi connectivity index (χ1) is 9.65. The first-order valence-electron chi connectivity index (χ1n) is 6.52. The van der Waals surface area contributed by atoms with Gasteiger partial charge in [0.25, 0.3) is 0 Å². The van der Waals surface area contributed by atoms with Gasteiger partial charge in [-0.3, -0.25) is 4.79 Å². The van der Waals surface area contributed by atoms with Gasteiger partial charge in [0.2, 0.25) is 5.91 Å². The number of carbonyl (C=O) groups excluding carboxylic acids is 1. The number of benzene rings is 1. The lowest BCUT2D eigenvalue weighted by Gasteiger charge is -2.29. The quantitative estimate of drug-likeness (QED) is 0.859. The Balaban J connectivity index is 2.79. The van der Waals surface area contributed by atoms with Crippen LogP contribution in [-0.2, 0) is 14.6 Å². The number of sulfone groups is 1. The molecule has 0 fully saturated rings. The van der Waals surface area contributed by atoms with Crippen molar-refractivity contribution in [1.29, 1.82) is 0 Å². The molecule has 0 bridgehead atoms. The van der Waals surface area contributed by atoms with Crippen molar-refractivity contribution in [2.75, 3.05) is 5.75 Å². The molecule has 1 unspecified atom stereocenters. The number of rotatable bonds is 2. The summed E-state index contributed by atoms with van der Waals surface area (Å²) in [5.74, 6) is -1.44. The van der Waals surface area contributed by atoms with Crippen LogP contribution in [-0.4, -0.2) is 31.2 Å². The summed E-state index contributed by atoms with van der Waals surface area (Å²) >= 11 is 0. The van der Waals surface area contributed by atoms with Crippen LogP contribution in [0.1, 0.15) is 46.4 Å². The van der Waals surface area contributed by atoms with E-state index in [1.807, 2.05) is 0 Å². The third kappa shape index (κ3) is 2.65. The zero-order valence-corrected chi connectivity index (χ0v) is 12.9. The molecule has 1 aliphatic heterocycles. The van der Waals surface area contributed by atoms with Crippen molar-refractivity contribution in [3.05, 3.63) is 28.3 Å². The van der Waals surface area contributed by atoms with Crippen LogP contribution in [0, 0.1) is 13.8 Å². The number of hydrogen-bond donors (Lipinski definition) is 2. The summed E-state index contributed by atoms with van der Waals surface area (Å²) < 4.78 is 24.6. The van der Waals surface area contributed by atoms with Gasteiger partial charge in [-0.2, -0.15) is 0 Å². The van der Waals surface area contributed by atoms with Crippen molar-refractivity contribution in [3.8, 4) is 0 Å². The summed E-state index contributed by atoms with van der Waals surface area (Å²) in [4.78, 5) is 22.8. The number of aromatic carboxylic acids is 1. The fourth-order valence-electron chi connectivity index (χ4n) is 2.88. The molecule has 7 heteroatoms. The summed E-state index contributed by atoms with van der Waals surface area (Å²) in [5.41, 5.74) is 1.28. The van der Waals surface area contributed by atoms with E-state index in [0.29, 0.717) is 16.7 Å². The van der Waals surface area contributed by atoms with Gasteiger partial charge < -0.3 is 10.4 Å². The highest BCUT2D eigenvalue weighted by molar-refractivity contribution is 7.91. The molecule has 21 heavy (non-hydrogen) atoms. The molecule has 114 valence electrons. The second kappa shape index (κ2) is 5.14. The van der Waals surface area contributed by atoms with Gasteiger partial charge in [0.05, 0.1) is 22.3 Å². The SMILES string of the molecule is CC(=O)NC1CCS(=O)(=O)c2c(C)cc(C(=O)O)c(C)c21.